The molecular formula is C17H9Cl2F3N2O2. The normalized spacial score (nSPS) is 11.6. The van der Waals surface area contributed by atoms with Gasteiger partial charge in [-0.05, 0) is 30.3 Å². The van der Waals surface area contributed by atoms with Crippen LogP contribution in [0.3, 0.4) is 0 Å². The number of halogens is 5. The number of nitriles is 1. The monoisotopic (exact) mass is 400 g/mol. The molecule has 0 saturated heterocycles. The lowest BCUT2D eigenvalue weighted by atomic mass is 10.1. The van der Waals surface area contributed by atoms with E-state index < -0.39 is 23.6 Å². The van der Waals surface area contributed by atoms with Gasteiger partial charge in [0, 0.05) is 10.6 Å². The maximum atomic E-state index is 12.5. The number of para-hydroxylation sites is 1. The van der Waals surface area contributed by atoms with Crippen LogP contribution in [0.2, 0.25) is 10.0 Å². The van der Waals surface area contributed by atoms with E-state index >= 15 is 0 Å². The molecule has 4 nitrogen and oxygen atoms in total. The van der Waals surface area contributed by atoms with Crippen LogP contribution < -0.4 is 10.1 Å². The molecular weight excluding hydrogens is 392 g/mol. The highest BCUT2D eigenvalue weighted by atomic mass is 35.5. The Morgan fingerprint density at radius 1 is 1.19 bits per heavy atom. The predicted molar refractivity (Wildman–Crippen MR) is 91.8 cm³/mol. The number of alkyl halides is 3. The van der Waals surface area contributed by atoms with Crippen molar-refractivity contribution in [3.05, 3.63) is 63.6 Å². The largest absolute Gasteiger partial charge is 0.573 e. The van der Waals surface area contributed by atoms with Crippen molar-refractivity contribution in [1.29, 1.82) is 5.26 Å². The molecule has 0 unspecified atom stereocenters. The fourth-order valence-electron chi connectivity index (χ4n) is 1.90. The molecule has 134 valence electrons. The molecule has 9 heteroatoms. The number of benzene rings is 2. The van der Waals surface area contributed by atoms with Gasteiger partial charge >= 0.3 is 6.36 Å². The third kappa shape index (κ3) is 5.41. The first-order chi connectivity index (χ1) is 12.2. The van der Waals surface area contributed by atoms with E-state index in [0.717, 1.165) is 12.1 Å². The zero-order valence-corrected chi connectivity index (χ0v) is 14.3. The first-order valence-electron chi connectivity index (χ1n) is 6.92. The maximum Gasteiger partial charge on any atom is 0.573 e. The number of hydrogen-bond donors (Lipinski definition) is 1. The molecule has 2 aromatic rings. The van der Waals surface area contributed by atoms with Gasteiger partial charge in [-0.3, -0.25) is 4.79 Å². The highest BCUT2D eigenvalue weighted by Gasteiger charge is 2.31. The maximum absolute atomic E-state index is 12.5. The van der Waals surface area contributed by atoms with Crippen molar-refractivity contribution in [3.8, 4) is 11.8 Å². The molecule has 0 radical (unpaired) electrons. The standard InChI is InChI=1S/C17H9Cl2F3N2O2/c18-12-5-6-14(13(19)8-12)24-16(25)11(9-23)7-10-3-1-2-4-15(10)26-17(20,21)22/h1-8H,(H,24,25)/b11-7+. The molecule has 2 rings (SSSR count). The van der Waals surface area contributed by atoms with Gasteiger partial charge in [-0.25, -0.2) is 0 Å². The van der Waals surface area contributed by atoms with E-state index in [4.69, 9.17) is 23.2 Å². The van der Waals surface area contributed by atoms with Crippen LogP contribution >= 0.6 is 23.2 Å². The van der Waals surface area contributed by atoms with Crippen molar-refractivity contribution in [2.24, 2.45) is 0 Å². The highest BCUT2D eigenvalue weighted by Crippen LogP contribution is 2.29. The predicted octanol–water partition coefficient (Wildman–Crippen LogP) is 5.44. The van der Waals surface area contributed by atoms with E-state index in [1.165, 1.54) is 36.4 Å². The van der Waals surface area contributed by atoms with E-state index in [9.17, 15) is 23.2 Å². The number of nitrogens with one attached hydrogen (secondary N) is 1. The van der Waals surface area contributed by atoms with E-state index in [-0.39, 0.29) is 16.3 Å². The van der Waals surface area contributed by atoms with Crippen molar-refractivity contribution < 1.29 is 22.7 Å². The Morgan fingerprint density at radius 3 is 2.50 bits per heavy atom. The molecule has 0 fully saturated rings. The molecule has 0 aliphatic rings. The molecule has 1 amide bonds. The lowest BCUT2D eigenvalue weighted by Gasteiger charge is -2.11. The summed E-state index contributed by atoms with van der Waals surface area (Å²) < 4.78 is 41.2. The Morgan fingerprint density at radius 2 is 1.88 bits per heavy atom. The Bertz CT molecular complexity index is 906. The summed E-state index contributed by atoms with van der Waals surface area (Å²) in [5.41, 5.74) is -0.324. The van der Waals surface area contributed by atoms with Crippen LogP contribution in [0.15, 0.2) is 48.0 Å². The summed E-state index contributed by atoms with van der Waals surface area (Å²) in [6.07, 6.45) is -3.92. The molecule has 0 atom stereocenters. The third-order valence-electron chi connectivity index (χ3n) is 2.99. The van der Waals surface area contributed by atoms with Crippen LogP contribution in [0.1, 0.15) is 5.56 Å². The van der Waals surface area contributed by atoms with Gasteiger partial charge in [0.2, 0.25) is 0 Å². The van der Waals surface area contributed by atoms with E-state index in [1.807, 2.05) is 0 Å². The average Bonchev–Trinajstić information content (AvgIpc) is 2.55. The second-order valence-electron chi connectivity index (χ2n) is 4.83. The third-order valence-corrected chi connectivity index (χ3v) is 3.54. The average molecular weight is 401 g/mol. The highest BCUT2D eigenvalue weighted by molar-refractivity contribution is 6.36. The molecule has 0 saturated carbocycles. The van der Waals surface area contributed by atoms with Gasteiger partial charge in [0.15, 0.2) is 0 Å². The minimum atomic E-state index is -4.91. The summed E-state index contributed by atoms with van der Waals surface area (Å²) in [5.74, 6) is -1.39. The van der Waals surface area contributed by atoms with Crippen molar-refractivity contribution in [2.45, 2.75) is 6.36 Å². The van der Waals surface area contributed by atoms with Crippen LogP contribution in [0.25, 0.3) is 6.08 Å². The van der Waals surface area contributed by atoms with Gasteiger partial charge < -0.3 is 10.1 Å². The summed E-state index contributed by atoms with van der Waals surface area (Å²) in [5, 5.41) is 12.1. The van der Waals surface area contributed by atoms with E-state index in [1.54, 1.807) is 6.07 Å². The summed E-state index contributed by atoms with van der Waals surface area (Å²) in [4.78, 5) is 12.2. The number of amides is 1. The molecule has 0 heterocycles. The Hall–Kier alpha value is -2.69. The van der Waals surface area contributed by atoms with Gasteiger partial charge in [0.1, 0.15) is 17.4 Å². The molecule has 2 aromatic carbocycles. The minimum absolute atomic E-state index is 0.0845. The van der Waals surface area contributed by atoms with Gasteiger partial charge in [0.25, 0.3) is 5.91 Å². The second-order valence-corrected chi connectivity index (χ2v) is 5.68. The molecule has 0 aromatic heterocycles. The second kappa shape index (κ2) is 8.13. The fraction of sp³-hybridized carbons (Fsp3) is 0.0588. The molecule has 0 aliphatic heterocycles. The zero-order chi connectivity index (χ0) is 19.3. The summed E-state index contributed by atoms with van der Waals surface area (Å²) in [7, 11) is 0. The molecule has 26 heavy (non-hydrogen) atoms. The Balaban J connectivity index is 2.31. The topological polar surface area (TPSA) is 62.1 Å². The summed E-state index contributed by atoms with van der Waals surface area (Å²) in [6.45, 7) is 0. The summed E-state index contributed by atoms with van der Waals surface area (Å²) >= 11 is 11.7. The van der Waals surface area contributed by atoms with E-state index in [2.05, 4.69) is 10.1 Å². The van der Waals surface area contributed by atoms with Crippen LogP contribution in [0.4, 0.5) is 18.9 Å². The fourth-order valence-corrected chi connectivity index (χ4v) is 2.36. The lowest BCUT2D eigenvalue weighted by Crippen LogP contribution is -2.18. The van der Waals surface area contributed by atoms with Crippen molar-refractivity contribution in [1.82, 2.24) is 0 Å². The SMILES string of the molecule is N#C/C(=C\c1ccccc1OC(F)(F)F)C(=O)Nc1ccc(Cl)cc1Cl. The molecule has 1 N–H and O–H groups in total. The van der Waals surface area contributed by atoms with Crippen LogP contribution in [0, 0.1) is 11.3 Å². The number of nitrogens with zero attached hydrogens (tertiary/aromatic N) is 1. The van der Waals surface area contributed by atoms with Crippen LogP contribution in [0.5, 0.6) is 5.75 Å². The van der Waals surface area contributed by atoms with Gasteiger partial charge in [-0.2, -0.15) is 5.26 Å². The number of hydrogen-bond acceptors (Lipinski definition) is 3. The number of rotatable bonds is 4. The Kier molecular flexibility index (Phi) is 6.14. The van der Waals surface area contributed by atoms with Gasteiger partial charge in [-0.15, -0.1) is 13.2 Å². The van der Waals surface area contributed by atoms with Crippen LogP contribution in [-0.4, -0.2) is 12.3 Å². The van der Waals surface area contributed by atoms with Crippen molar-refractivity contribution in [2.75, 3.05) is 5.32 Å². The quantitative estimate of drug-likeness (QED) is 0.549. The van der Waals surface area contributed by atoms with Gasteiger partial charge in [-0.1, -0.05) is 41.4 Å². The number of anilines is 1. The molecule has 0 aliphatic carbocycles. The first-order valence-corrected chi connectivity index (χ1v) is 7.68. The number of carbonyl (C=O) groups is 1. The van der Waals surface area contributed by atoms with Crippen molar-refractivity contribution in [3.63, 3.8) is 0 Å². The molecule has 0 spiro atoms. The zero-order valence-electron chi connectivity index (χ0n) is 12.8. The summed E-state index contributed by atoms with van der Waals surface area (Å²) in [6, 6.07) is 11.1. The van der Waals surface area contributed by atoms with E-state index in [0.29, 0.717) is 5.02 Å². The van der Waals surface area contributed by atoms with Crippen molar-refractivity contribution >= 4 is 40.9 Å². The minimum Gasteiger partial charge on any atom is -0.405 e. The van der Waals surface area contributed by atoms with Crippen LogP contribution in [-0.2, 0) is 4.79 Å². The first kappa shape index (κ1) is 19.6. The number of ether oxygens (including phenoxy) is 1. The number of carbonyl (C=O) groups excluding carboxylic acids is 1. The lowest BCUT2D eigenvalue weighted by molar-refractivity contribution is -0.274. The van der Waals surface area contributed by atoms with Gasteiger partial charge in [0.05, 0.1) is 10.7 Å². The smallest absolute Gasteiger partial charge is 0.405 e. The Labute approximate surface area is 156 Å². The molecule has 0 bridgehead atoms.